The van der Waals surface area contributed by atoms with E-state index in [0.29, 0.717) is 18.7 Å². The van der Waals surface area contributed by atoms with Gasteiger partial charge in [0.05, 0.1) is 0 Å². The predicted molar refractivity (Wildman–Crippen MR) is 89.9 cm³/mol. The number of hydrogen-bond acceptors (Lipinski definition) is 4. The van der Waals surface area contributed by atoms with Crippen LogP contribution in [-0.4, -0.2) is 27.2 Å². The van der Waals surface area contributed by atoms with Crippen molar-refractivity contribution < 1.29 is 9.21 Å². The molecule has 6 heteroatoms. The molecule has 0 saturated heterocycles. The van der Waals surface area contributed by atoms with Crippen molar-refractivity contribution in [1.82, 2.24) is 20.1 Å². The number of hydrogen-bond donors (Lipinski definition) is 1. The van der Waals surface area contributed by atoms with E-state index in [4.69, 9.17) is 4.42 Å². The van der Waals surface area contributed by atoms with Crippen LogP contribution >= 0.6 is 0 Å². The molecule has 0 bridgehead atoms. The molecule has 1 N–H and O–H groups in total. The van der Waals surface area contributed by atoms with Gasteiger partial charge in [0, 0.05) is 31.3 Å². The van der Waals surface area contributed by atoms with E-state index in [0.717, 1.165) is 41.1 Å². The highest BCUT2D eigenvalue weighted by atomic mass is 16.3. The first-order valence-electron chi connectivity index (χ1n) is 8.40. The van der Waals surface area contributed by atoms with Crippen LogP contribution < -0.4 is 5.32 Å². The van der Waals surface area contributed by atoms with Crippen molar-refractivity contribution in [2.45, 2.75) is 39.2 Å². The molecule has 3 aromatic rings. The molecule has 2 aromatic heterocycles. The number of benzene rings is 1. The molecular weight excluding hydrogens is 304 g/mol. The third-order valence-corrected chi connectivity index (χ3v) is 4.47. The quantitative estimate of drug-likeness (QED) is 0.801. The van der Waals surface area contributed by atoms with Gasteiger partial charge in [-0.25, -0.2) is 0 Å². The smallest absolute Gasteiger partial charge is 0.287 e. The number of aryl methyl sites for hydroxylation is 2. The van der Waals surface area contributed by atoms with Crippen LogP contribution in [0.4, 0.5) is 0 Å². The van der Waals surface area contributed by atoms with E-state index in [2.05, 4.69) is 20.1 Å². The number of nitrogens with zero attached hydrogens (tertiary/aromatic N) is 3. The van der Waals surface area contributed by atoms with E-state index in [-0.39, 0.29) is 5.91 Å². The predicted octanol–water partition coefficient (Wildman–Crippen LogP) is 2.64. The van der Waals surface area contributed by atoms with E-state index in [9.17, 15) is 4.79 Å². The molecular formula is C18H20N4O2. The van der Waals surface area contributed by atoms with Crippen molar-refractivity contribution >= 4 is 16.9 Å². The van der Waals surface area contributed by atoms with Crippen molar-refractivity contribution in [1.29, 1.82) is 0 Å². The summed E-state index contributed by atoms with van der Waals surface area (Å²) in [7, 11) is 0. The summed E-state index contributed by atoms with van der Waals surface area (Å²) in [5, 5.41) is 12.3. The minimum atomic E-state index is -0.192. The molecule has 1 aromatic carbocycles. The summed E-state index contributed by atoms with van der Waals surface area (Å²) in [6.45, 7) is 3.52. The lowest BCUT2D eigenvalue weighted by molar-refractivity contribution is 0.0928. The van der Waals surface area contributed by atoms with E-state index in [1.165, 1.54) is 12.8 Å². The van der Waals surface area contributed by atoms with Crippen LogP contribution in [0.5, 0.6) is 0 Å². The van der Waals surface area contributed by atoms with Gasteiger partial charge in [-0.15, -0.1) is 10.2 Å². The highest BCUT2D eigenvalue weighted by Gasteiger charge is 2.16. The molecule has 3 heterocycles. The Morgan fingerprint density at radius 3 is 3.12 bits per heavy atom. The Morgan fingerprint density at radius 2 is 2.21 bits per heavy atom. The van der Waals surface area contributed by atoms with Crippen molar-refractivity contribution in [2.75, 3.05) is 6.54 Å². The van der Waals surface area contributed by atoms with Gasteiger partial charge in [0.2, 0.25) is 0 Å². The average molecular weight is 324 g/mol. The zero-order valence-electron chi connectivity index (χ0n) is 13.7. The van der Waals surface area contributed by atoms with Gasteiger partial charge in [0.25, 0.3) is 5.91 Å². The van der Waals surface area contributed by atoms with Gasteiger partial charge in [-0.05, 0) is 38.0 Å². The zero-order chi connectivity index (χ0) is 16.5. The fourth-order valence-electron chi connectivity index (χ4n) is 3.20. The van der Waals surface area contributed by atoms with Crippen LogP contribution in [0, 0.1) is 6.92 Å². The summed E-state index contributed by atoms with van der Waals surface area (Å²) in [6.07, 6.45) is 4.03. The lowest BCUT2D eigenvalue weighted by atomic mass is 10.1. The first-order chi connectivity index (χ1) is 11.7. The molecule has 4 rings (SSSR count). The number of carbonyl (C=O) groups excluding carboxylic acids is 1. The second-order valence-electron chi connectivity index (χ2n) is 6.30. The number of furan rings is 1. The highest BCUT2D eigenvalue weighted by Crippen LogP contribution is 2.20. The summed E-state index contributed by atoms with van der Waals surface area (Å²) < 4.78 is 7.80. The van der Waals surface area contributed by atoms with Gasteiger partial charge >= 0.3 is 0 Å². The Hall–Kier alpha value is -2.63. The fraction of sp³-hybridized carbons (Fsp3) is 0.389. The molecule has 0 fully saturated rings. The third-order valence-electron chi connectivity index (χ3n) is 4.47. The summed E-state index contributed by atoms with van der Waals surface area (Å²) in [6, 6.07) is 7.67. The van der Waals surface area contributed by atoms with Gasteiger partial charge in [-0.3, -0.25) is 4.79 Å². The normalized spacial score (nSPS) is 13.9. The van der Waals surface area contributed by atoms with Gasteiger partial charge in [-0.1, -0.05) is 11.6 Å². The van der Waals surface area contributed by atoms with Crippen LogP contribution in [0.1, 0.15) is 40.6 Å². The molecule has 1 aliphatic rings. The zero-order valence-corrected chi connectivity index (χ0v) is 13.7. The van der Waals surface area contributed by atoms with E-state index in [1.54, 1.807) is 6.07 Å². The lowest BCUT2D eigenvalue weighted by Gasteiger charge is -2.14. The maximum atomic E-state index is 12.3. The number of fused-ring (bicyclic) bond motifs is 2. The Balaban J connectivity index is 1.40. The Bertz CT molecular complexity index is 894. The minimum Gasteiger partial charge on any atom is -0.451 e. The largest absolute Gasteiger partial charge is 0.451 e. The third kappa shape index (κ3) is 2.79. The molecule has 0 radical (unpaired) electrons. The van der Waals surface area contributed by atoms with Crippen LogP contribution in [0.25, 0.3) is 11.0 Å². The summed E-state index contributed by atoms with van der Waals surface area (Å²) in [5.74, 6) is 2.17. The van der Waals surface area contributed by atoms with E-state index in [1.807, 2.05) is 25.1 Å². The molecule has 0 spiro atoms. The van der Waals surface area contributed by atoms with Crippen molar-refractivity contribution in [2.24, 2.45) is 0 Å². The van der Waals surface area contributed by atoms with Crippen LogP contribution in [0.15, 0.2) is 28.7 Å². The Labute approximate surface area is 139 Å². The second-order valence-corrected chi connectivity index (χ2v) is 6.30. The van der Waals surface area contributed by atoms with E-state index < -0.39 is 0 Å². The molecule has 1 aliphatic heterocycles. The molecule has 6 nitrogen and oxygen atoms in total. The molecule has 0 unspecified atom stereocenters. The van der Waals surface area contributed by atoms with Gasteiger partial charge in [0.15, 0.2) is 5.76 Å². The maximum Gasteiger partial charge on any atom is 0.287 e. The monoisotopic (exact) mass is 324 g/mol. The summed E-state index contributed by atoms with van der Waals surface area (Å²) in [5.41, 5.74) is 1.88. The molecule has 0 atom stereocenters. The lowest BCUT2D eigenvalue weighted by Crippen LogP contribution is -2.26. The Kier molecular flexibility index (Phi) is 3.80. The summed E-state index contributed by atoms with van der Waals surface area (Å²) >= 11 is 0. The van der Waals surface area contributed by atoms with E-state index >= 15 is 0 Å². The fourth-order valence-corrected chi connectivity index (χ4v) is 3.20. The van der Waals surface area contributed by atoms with Gasteiger partial charge in [-0.2, -0.15) is 0 Å². The minimum absolute atomic E-state index is 0.192. The topological polar surface area (TPSA) is 73.0 Å². The SMILES string of the molecule is Cc1ccc2oc(C(=O)NCCc3nnc4n3CCCC4)cc2c1. The number of aromatic nitrogens is 3. The Morgan fingerprint density at radius 1 is 1.29 bits per heavy atom. The number of nitrogens with one attached hydrogen (secondary N) is 1. The van der Waals surface area contributed by atoms with Crippen molar-refractivity contribution in [3.63, 3.8) is 0 Å². The molecule has 0 saturated carbocycles. The van der Waals surface area contributed by atoms with Crippen molar-refractivity contribution in [3.05, 3.63) is 47.2 Å². The van der Waals surface area contributed by atoms with Gasteiger partial charge in [0.1, 0.15) is 17.2 Å². The van der Waals surface area contributed by atoms with Crippen molar-refractivity contribution in [3.8, 4) is 0 Å². The number of amides is 1. The highest BCUT2D eigenvalue weighted by molar-refractivity contribution is 5.96. The first-order valence-corrected chi connectivity index (χ1v) is 8.40. The van der Waals surface area contributed by atoms with Gasteiger partial charge < -0.3 is 14.3 Å². The first kappa shape index (κ1) is 14.9. The maximum absolute atomic E-state index is 12.3. The molecule has 1 amide bonds. The standard InChI is InChI=1S/C18H20N4O2/c1-12-5-6-14-13(10-12)11-15(24-14)18(23)19-8-7-17-21-20-16-4-2-3-9-22(16)17/h5-6,10-11H,2-4,7-9H2,1H3,(H,19,23). The average Bonchev–Trinajstić information content (AvgIpc) is 3.18. The number of rotatable bonds is 4. The second kappa shape index (κ2) is 6.11. The van der Waals surface area contributed by atoms with Crippen LogP contribution in [0.3, 0.4) is 0 Å². The van der Waals surface area contributed by atoms with Crippen LogP contribution in [-0.2, 0) is 19.4 Å². The van der Waals surface area contributed by atoms with Crippen LogP contribution in [0.2, 0.25) is 0 Å². The number of carbonyl (C=O) groups is 1. The summed E-state index contributed by atoms with van der Waals surface area (Å²) in [4.78, 5) is 12.3. The molecule has 24 heavy (non-hydrogen) atoms. The molecule has 124 valence electrons. The molecule has 0 aliphatic carbocycles.